The van der Waals surface area contributed by atoms with E-state index < -0.39 is 0 Å². The minimum atomic E-state index is 0.515. The lowest BCUT2D eigenvalue weighted by atomic mass is 10.1. The first-order chi connectivity index (χ1) is 9.85. The first-order valence-corrected chi connectivity index (χ1v) is 7.36. The van der Waals surface area contributed by atoms with E-state index in [1.54, 1.807) is 0 Å². The summed E-state index contributed by atoms with van der Waals surface area (Å²) in [4.78, 5) is 0. The van der Waals surface area contributed by atoms with Crippen LogP contribution in [0, 0.1) is 0 Å². The van der Waals surface area contributed by atoms with Crippen molar-refractivity contribution in [3.05, 3.63) is 66.7 Å². The smallest absolute Gasteiger partial charge is 0.245 e. The second-order valence-corrected chi connectivity index (χ2v) is 5.21. The summed E-state index contributed by atoms with van der Waals surface area (Å²) < 4.78 is 15.3. The maximum Gasteiger partial charge on any atom is 0.245 e. The van der Waals surface area contributed by atoms with E-state index in [0.717, 1.165) is 17.7 Å². The van der Waals surface area contributed by atoms with Crippen molar-refractivity contribution in [1.29, 1.82) is 0 Å². The maximum absolute atomic E-state index is 5.96. The van der Waals surface area contributed by atoms with Gasteiger partial charge in [0.15, 0.2) is 11.5 Å². The molecule has 2 aromatic carbocycles. The van der Waals surface area contributed by atoms with Crippen molar-refractivity contribution < 1.29 is 9.26 Å². The topological polar surface area (TPSA) is 30.8 Å². The molecule has 3 nitrogen and oxygen atoms in total. The number of benzene rings is 2. The van der Waals surface area contributed by atoms with Crippen molar-refractivity contribution in [2.24, 2.45) is 4.52 Å². The van der Waals surface area contributed by atoms with Crippen LogP contribution in [-0.2, 0) is 6.42 Å². The molecular formula is C15H15NO2P2. The summed E-state index contributed by atoms with van der Waals surface area (Å²) in [6.45, 7) is 3.77. The van der Waals surface area contributed by atoms with E-state index >= 15 is 0 Å². The Morgan fingerprint density at radius 3 is 2.40 bits per heavy atom. The van der Waals surface area contributed by atoms with Crippen LogP contribution in [0.25, 0.3) is 0 Å². The summed E-state index contributed by atoms with van der Waals surface area (Å²) in [5.41, 5.74) is 1.09. The predicted molar refractivity (Wildman–Crippen MR) is 86.5 cm³/mol. The summed E-state index contributed by atoms with van der Waals surface area (Å²) in [5.74, 6) is 2.14. The minimum absolute atomic E-state index is 0.515. The molecule has 1 atom stereocenters. The van der Waals surface area contributed by atoms with Crippen molar-refractivity contribution in [3.8, 4) is 17.2 Å². The van der Waals surface area contributed by atoms with Gasteiger partial charge in [0.05, 0.1) is 0 Å². The van der Waals surface area contributed by atoms with Gasteiger partial charge in [0.1, 0.15) is 5.75 Å². The van der Waals surface area contributed by atoms with Gasteiger partial charge in [-0.25, -0.2) is 4.52 Å². The normalized spacial score (nSPS) is 10.4. The van der Waals surface area contributed by atoms with E-state index in [4.69, 9.17) is 9.26 Å². The summed E-state index contributed by atoms with van der Waals surface area (Å²) >= 11 is 0. The molecule has 0 N–H and O–H groups in total. The molecule has 20 heavy (non-hydrogen) atoms. The number of hydrogen-bond acceptors (Lipinski definition) is 3. The van der Waals surface area contributed by atoms with Gasteiger partial charge < -0.3 is 9.26 Å². The fourth-order valence-electron chi connectivity index (χ4n) is 1.72. The van der Waals surface area contributed by atoms with E-state index in [1.807, 2.05) is 54.6 Å². The average Bonchev–Trinajstić information content (AvgIpc) is 2.49. The van der Waals surface area contributed by atoms with Crippen LogP contribution in [-0.4, -0.2) is 0 Å². The molecule has 0 saturated heterocycles. The Morgan fingerprint density at radius 1 is 1.05 bits per heavy atom. The zero-order valence-corrected chi connectivity index (χ0v) is 12.9. The largest absolute Gasteiger partial charge is 0.453 e. The SMILES string of the molecule is C=CCc1ccccc1Oc1ccccc1OP=NP. The van der Waals surface area contributed by atoms with Gasteiger partial charge in [-0.1, -0.05) is 36.4 Å². The Morgan fingerprint density at radius 2 is 1.70 bits per heavy atom. The third kappa shape index (κ3) is 3.90. The average molecular weight is 303 g/mol. The molecule has 0 aromatic heterocycles. The summed E-state index contributed by atoms with van der Waals surface area (Å²) in [5, 5.41) is 0. The van der Waals surface area contributed by atoms with Gasteiger partial charge in [0, 0.05) is 0 Å². The van der Waals surface area contributed by atoms with Gasteiger partial charge in [-0.05, 0) is 39.6 Å². The van der Waals surface area contributed by atoms with E-state index in [9.17, 15) is 0 Å². The number of ether oxygens (including phenoxy) is 1. The van der Waals surface area contributed by atoms with Crippen LogP contribution in [0.3, 0.4) is 0 Å². The van der Waals surface area contributed by atoms with Crippen LogP contribution in [0.5, 0.6) is 17.2 Å². The van der Waals surface area contributed by atoms with E-state index in [2.05, 4.69) is 20.5 Å². The first-order valence-electron chi connectivity index (χ1n) is 6.08. The second-order valence-electron chi connectivity index (χ2n) is 3.94. The molecule has 1 unspecified atom stereocenters. The van der Waals surface area contributed by atoms with Gasteiger partial charge in [-0.15, -0.1) is 6.58 Å². The lowest BCUT2D eigenvalue weighted by Crippen LogP contribution is -1.91. The number of rotatable bonds is 6. The number of nitrogens with zero attached hydrogens (tertiary/aromatic N) is 1. The third-order valence-corrected chi connectivity index (χ3v) is 3.25. The van der Waals surface area contributed by atoms with E-state index in [0.29, 0.717) is 20.1 Å². The Labute approximate surface area is 122 Å². The lowest BCUT2D eigenvalue weighted by molar-refractivity contribution is 0.454. The van der Waals surface area contributed by atoms with Crippen molar-refractivity contribution in [2.45, 2.75) is 6.42 Å². The van der Waals surface area contributed by atoms with Gasteiger partial charge >= 0.3 is 0 Å². The Balaban J connectivity index is 2.28. The molecule has 0 spiro atoms. The number of allylic oxidation sites excluding steroid dienone is 1. The lowest BCUT2D eigenvalue weighted by Gasteiger charge is -2.12. The number of para-hydroxylation sites is 3. The van der Waals surface area contributed by atoms with Crippen LogP contribution in [0.4, 0.5) is 0 Å². The van der Waals surface area contributed by atoms with Gasteiger partial charge in [-0.2, -0.15) is 0 Å². The van der Waals surface area contributed by atoms with Crippen LogP contribution in [0.2, 0.25) is 0 Å². The summed E-state index contributed by atoms with van der Waals surface area (Å²) in [6, 6.07) is 15.4. The Hall–Kier alpha value is -1.69. The van der Waals surface area contributed by atoms with Crippen LogP contribution in [0.1, 0.15) is 5.56 Å². The summed E-state index contributed by atoms with van der Waals surface area (Å²) in [7, 11) is 2.78. The molecule has 0 bridgehead atoms. The van der Waals surface area contributed by atoms with E-state index in [-0.39, 0.29) is 0 Å². The molecular weight excluding hydrogens is 288 g/mol. The van der Waals surface area contributed by atoms with Crippen molar-refractivity contribution >= 4 is 18.0 Å². The number of hydrogen-bond donors (Lipinski definition) is 0. The molecule has 2 rings (SSSR count). The highest BCUT2D eigenvalue weighted by Gasteiger charge is 2.08. The van der Waals surface area contributed by atoms with Crippen molar-refractivity contribution in [2.75, 3.05) is 0 Å². The molecule has 0 amide bonds. The van der Waals surface area contributed by atoms with Gasteiger partial charge in [0.25, 0.3) is 0 Å². The molecule has 0 radical (unpaired) electrons. The maximum atomic E-state index is 5.96. The summed E-state index contributed by atoms with van der Waals surface area (Å²) in [6.07, 6.45) is 2.62. The predicted octanol–water partition coefficient (Wildman–Crippen LogP) is 5.42. The molecule has 2 aromatic rings. The van der Waals surface area contributed by atoms with Gasteiger partial charge in [-0.3, -0.25) is 0 Å². The highest BCUT2D eigenvalue weighted by molar-refractivity contribution is 7.31. The molecule has 0 aliphatic rings. The van der Waals surface area contributed by atoms with E-state index in [1.165, 1.54) is 0 Å². The van der Waals surface area contributed by atoms with Crippen LogP contribution < -0.4 is 9.26 Å². The fraction of sp³-hybridized carbons (Fsp3) is 0.0667. The zero-order valence-electron chi connectivity index (χ0n) is 10.9. The molecule has 0 aliphatic carbocycles. The Kier molecular flexibility index (Phi) is 5.73. The van der Waals surface area contributed by atoms with Crippen LogP contribution >= 0.6 is 18.0 Å². The monoisotopic (exact) mass is 303 g/mol. The Bertz CT molecular complexity index is 614. The standard InChI is InChI=1S/C15H15NO2P2/c1-2-7-12-8-3-4-9-13(12)17-14-10-5-6-11-15(14)18-20-16-19/h2-6,8-11H,1,7,19H2. The molecule has 0 aliphatic heterocycles. The quantitative estimate of drug-likeness (QED) is 0.527. The second kappa shape index (κ2) is 7.79. The highest BCUT2D eigenvalue weighted by atomic mass is 31.1. The van der Waals surface area contributed by atoms with Gasteiger partial charge in [0.2, 0.25) is 8.60 Å². The molecule has 5 heteroatoms. The van der Waals surface area contributed by atoms with Crippen molar-refractivity contribution in [1.82, 2.24) is 0 Å². The third-order valence-electron chi connectivity index (χ3n) is 2.59. The molecule has 102 valence electrons. The van der Waals surface area contributed by atoms with Crippen LogP contribution in [0.15, 0.2) is 65.7 Å². The minimum Gasteiger partial charge on any atom is -0.453 e. The zero-order chi connectivity index (χ0) is 14.2. The molecule has 0 saturated carbocycles. The fourth-order valence-corrected chi connectivity index (χ4v) is 2.15. The molecule has 0 fully saturated rings. The molecule has 0 heterocycles. The van der Waals surface area contributed by atoms with Crippen molar-refractivity contribution in [3.63, 3.8) is 0 Å². The highest BCUT2D eigenvalue weighted by Crippen LogP contribution is 2.35. The first kappa shape index (κ1) is 14.7.